The van der Waals surface area contributed by atoms with E-state index in [9.17, 15) is 9.90 Å². The normalized spacial score (nSPS) is 17.5. The van der Waals surface area contributed by atoms with Crippen molar-refractivity contribution in [2.45, 2.75) is 18.9 Å². The van der Waals surface area contributed by atoms with E-state index in [0.29, 0.717) is 0 Å². The van der Waals surface area contributed by atoms with Crippen LogP contribution in [0.4, 0.5) is 5.13 Å². The molecule has 2 heterocycles. The molecule has 1 aromatic heterocycles. The third-order valence-electron chi connectivity index (χ3n) is 3.57. The van der Waals surface area contributed by atoms with Gasteiger partial charge in [0.1, 0.15) is 5.75 Å². The number of hydrogen-bond acceptors (Lipinski definition) is 6. The molecule has 0 bridgehead atoms. The monoisotopic (exact) mass is 319 g/mol. The van der Waals surface area contributed by atoms with Gasteiger partial charge in [0.15, 0.2) is 5.13 Å². The van der Waals surface area contributed by atoms with Gasteiger partial charge in [0, 0.05) is 24.1 Å². The summed E-state index contributed by atoms with van der Waals surface area (Å²) >= 11 is 1.49. The molecule has 1 aliphatic heterocycles. The molecule has 0 aliphatic carbocycles. The maximum atomic E-state index is 11.3. The zero-order chi connectivity index (χ0) is 15.5. The van der Waals surface area contributed by atoms with Crippen LogP contribution in [0.15, 0.2) is 23.6 Å². The highest BCUT2D eigenvalue weighted by Crippen LogP contribution is 2.28. The minimum Gasteiger partial charge on any atom is -0.507 e. The molecule has 4 N–H and O–H groups in total. The van der Waals surface area contributed by atoms with Gasteiger partial charge in [-0.2, -0.15) is 0 Å². The molecule has 1 atom stereocenters. The molecular weight excluding hydrogens is 302 g/mol. The number of nitrogens with one attached hydrogen (secondary N) is 1. The lowest BCUT2D eigenvalue weighted by atomic mass is 10.1. The fraction of sp³-hybridized carbons (Fsp3) is 0.333. The van der Waals surface area contributed by atoms with Gasteiger partial charge in [0.05, 0.1) is 17.4 Å². The average Bonchev–Trinajstić information content (AvgIpc) is 3.17. The van der Waals surface area contributed by atoms with Crippen LogP contribution in [0.25, 0.3) is 11.3 Å². The lowest BCUT2D eigenvalue weighted by Crippen LogP contribution is -2.18. The van der Waals surface area contributed by atoms with Gasteiger partial charge in [-0.25, -0.2) is 4.98 Å². The Labute approximate surface area is 131 Å². The third kappa shape index (κ3) is 3.20. The molecule has 1 unspecified atom stereocenters. The fourth-order valence-electron chi connectivity index (χ4n) is 2.39. The highest BCUT2D eigenvalue weighted by atomic mass is 32.1. The molecule has 6 nitrogen and oxygen atoms in total. The maximum absolute atomic E-state index is 11.3. The van der Waals surface area contributed by atoms with E-state index in [-0.39, 0.29) is 17.4 Å². The summed E-state index contributed by atoms with van der Waals surface area (Å²) in [5.74, 6) is -0.783. The summed E-state index contributed by atoms with van der Waals surface area (Å²) in [6, 6.07) is 4.71. The van der Waals surface area contributed by atoms with Gasteiger partial charge in [-0.1, -0.05) is 0 Å². The molecule has 7 heteroatoms. The van der Waals surface area contributed by atoms with Crippen molar-refractivity contribution >= 4 is 22.4 Å². The lowest BCUT2D eigenvalue weighted by molar-refractivity contribution is 0.0997. The van der Waals surface area contributed by atoms with Gasteiger partial charge in [0.25, 0.3) is 5.91 Å². The average molecular weight is 319 g/mol. The fourth-order valence-corrected chi connectivity index (χ4v) is 3.12. The highest BCUT2D eigenvalue weighted by molar-refractivity contribution is 7.14. The molecule has 0 saturated carbocycles. The Morgan fingerprint density at radius 1 is 1.55 bits per heavy atom. The minimum absolute atomic E-state index is 0.0966. The quantitative estimate of drug-likeness (QED) is 0.785. The van der Waals surface area contributed by atoms with Crippen molar-refractivity contribution in [3.8, 4) is 17.0 Å². The number of ether oxygens (including phenoxy) is 1. The van der Waals surface area contributed by atoms with E-state index in [1.165, 1.54) is 17.4 Å². The molecule has 1 fully saturated rings. The van der Waals surface area contributed by atoms with Gasteiger partial charge in [-0.15, -0.1) is 11.3 Å². The zero-order valence-electron chi connectivity index (χ0n) is 11.9. The second-order valence-electron chi connectivity index (χ2n) is 5.15. The van der Waals surface area contributed by atoms with Gasteiger partial charge in [-0.05, 0) is 31.0 Å². The number of amides is 1. The molecule has 2 aromatic rings. The van der Waals surface area contributed by atoms with Crippen molar-refractivity contribution in [3.63, 3.8) is 0 Å². The van der Waals surface area contributed by atoms with E-state index >= 15 is 0 Å². The first-order chi connectivity index (χ1) is 10.6. The van der Waals surface area contributed by atoms with Gasteiger partial charge >= 0.3 is 0 Å². The summed E-state index contributed by atoms with van der Waals surface area (Å²) in [5, 5.41) is 15.6. The summed E-state index contributed by atoms with van der Waals surface area (Å²) in [4.78, 5) is 15.8. The van der Waals surface area contributed by atoms with Crippen LogP contribution in [0.3, 0.4) is 0 Å². The molecule has 22 heavy (non-hydrogen) atoms. The predicted molar refractivity (Wildman–Crippen MR) is 85.2 cm³/mol. The van der Waals surface area contributed by atoms with Crippen LogP contribution in [0.1, 0.15) is 23.2 Å². The smallest absolute Gasteiger partial charge is 0.252 e. The van der Waals surface area contributed by atoms with E-state index < -0.39 is 5.91 Å². The second-order valence-corrected chi connectivity index (χ2v) is 6.01. The number of phenols is 1. The molecule has 1 saturated heterocycles. The number of benzene rings is 1. The van der Waals surface area contributed by atoms with Crippen molar-refractivity contribution in [1.29, 1.82) is 0 Å². The second kappa shape index (κ2) is 6.33. The van der Waals surface area contributed by atoms with Crippen LogP contribution >= 0.6 is 11.3 Å². The Morgan fingerprint density at radius 2 is 2.41 bits per heavy atom. The number of carbonyl (C=O) groups is 1. The summed E-state index contributed by atoms with van der Waals surface area (Å²) in [6.07, 6.45) is 2.44. The lowest BCUT2D eigenvalue weighted by Gasteiger charge is -2.09. The van der Waals surface area contributed by atoms with Crippen LogP contribution in [-0.4, -0.2) is 35.3 Å². The molecule has 0 radical (unpaired) electrons. The van der Waals surface area contributed by atoms with E-state index in [1.807, 2.05) is 5.38 Å². The number of aromatic nitrogens is 1. The van der Waals surface area contributed by atoms with Crippen LogP contribution in [0.2, 0.25) is 0 Å². The van der Waals surface area contributed by atoms with Crippen molar-refractivity contribution < 1.29 is 14.6 Å². The number of nitrogens with zero attached hydrogens (tertiary/aromatic N) is 1. The largest absolute Gasteiger partial charge is 0.507 e. The van der Waals surface area contributed by atoms with E-state index in [0.717, 1.165) is 42.4 Å². The molecule has 0 spiro atoms. The standard InChI is InChI=1S/C15H17N3O3S/c16-14(20)11-6-9(3-4-13(11)19)12-8-22-15(18-12)17-7-10-2-1-5-21-10/h3-4,6,8,10,19H,1-2,5,7H2,(H2,16,20)(H,17,18). The summed E-state index contributed by atoms with van der Waals surface area (Å²) in [5.41, 5.74) is 6.82. The Bertz CT molecular complexity index is 680. The third-order valence-corrected chi connectivity index (χ3v) is 4.37. The number of rotatable bonds is 5. The van der Waals surface area contributed by atoms with Crippen molar-refractivity contribution in [3.05, 3.63) is 29.1 Å². The number of aromatic hydroxyl groups is 1. The van der Waals surface area contributed by atoms with Gasteiger partial charge in [0.2, 0.25) is 0 Å². The molecule has 1 amide bonds. The Balaban J connectivity index is 1.72. The summed E-state index contributed by atoms with van der Waals surface area (Å²) in [7, 11) is 0. The SMILES string of the molecule is NC(=O)c1cc(-c2csc(NCC3CCCO3)n2)ccc1O. The van der Waals surface area contributed by atoms with Crippen molar-refractivity contribution in [2.75, 3.05) is 18.5 Å². The van der Waals surface area contributed by atoms with Gasteiger partial charge < -0.3 is 20.9 Å². The molecule has 3 rings (SSSR count). The number of primary amides is 1. The number of hydrogen-bond donors (Lipinski definition) is 3. The molecular formula is C15H17N3O3S. The minimum atomic E-state index is -0.661. The first kappa shape index (κ1) is 14.8. The number of anilines is 1. The van der Waals surface area contributed by atoms with Crippen molar-refractivity contribution in [1.82, 2.24) is 4.98 Å². The first-order valence-electron chi connectivity index (χ1n) is 7.07. The van der Waals surface area contributed by atoms with Crippen LogP contribution in [-0.2, 0) is 4.74 Å². The van der Waals surface area contributed by atoms with Crippen LogP contribution in [0.5, 0.6) is 5.75 Å². The molecule has 116 valence electrons. The number of thiazole rings is 1. The molecule has 1 aliphatic rings. The summed E-state index contributed by atoms with van der Waals surface area (Å²) in [6.45, 7) is 1.58. The van der Waals surface area contributed by atoms with E-state index in [2.05, 4.69) is 10.3 Å². The van der Waals surface area contributed by atoms with E-state index in [1.54, 1.807) is 12.1 Å². The summed E-state index contributed by atoms with van der Waals surface area (Å²) < 4.78 is 5.56. The Hall–Kier alpha value is -2.12. The number of nitrogens with two attached hydrogens (primary N) is 1. The Kier molecular flexibility index (Phi) is 4.26. The van der Waals surface area contributed by atoms with Gasteiger partial charge in [-0.3, -0.25) is 4.79 Å². The Morgan fingerprint density at radius 3 is 3.14 bits per heavy atom. The highest BCUT2D eigenvalue weighted by Gasteiger charge is 2.16. The van der Waals surface area contributed by atoms with E-state index in [4.69, 9.17) is 10.5 Å². The topological polar surface area (TPSA) is 97.5 Å². The van der Waals surface area contributed by atoms with Crippen LogP contribution in [0, 0.1) is 0 Å². The molecule has 1 aromatic carbocycles. The number of carbonyl (C=O) groups excluding carboxylic acids is 1. The van der Waals surface area contributed by atoms with Crippen molar-refractivity contribution in [2.24, 2.45) is 5.73 Å². The first-order valence-corrected chi connectivity index (χ1v) is 7.95. The predicted octanol–water partition coefficient (Wildman–Crippen LogP) is 2.21. The zero-order valence-corrected chi connectivity index (χ0v) is 12.7. The van der Waals surface area contributed by atoms with Crippen LogP contribution < -0.4 is 11.1 Å². The maximum Gasteiger partial charge on any atom is 0.252 e.